The van der Waals surface area contributed by atoms with E-state index in [1.807, 2.05) is 19.1 Å². The van der Waals surface area contributed by atoms with Crippen molar-refractivity contribution in [2.75, 3.05) is 33.9 Å². The first-order valence-electron chi connectivity index (χ1n) is 7.30. The van der Waals surface area contributed by atoms with E-state index in [1.165, 1.54) is 12.8 Å². The van der Waals surface area contributed by atoms with Crippen LogP contribution in [-0.2, 0) is 0 Å². The zero-order valence-electron chi connectivity index (χ0n) is 12.7. The second-order valence-corrected chi connectivity index (χ2v) is 5.33. The average molecular weight is 279 g/mol. The molecule has 1 fully saturated rings. The van der Waals surface area contributed by atoms with E-state index < -0.39 is 0 Å². The number of hydrogen-bond donors (Lipinski definition) is 1. The van der Waals surface area contributed by atoms with Crippen LogP contribution < -0.4 is 19.5 Å². The van der Waals surface area contributed by atoms with Crippen molar-refractivity contribution in [1.29, 1.82) is 0 Å². The summed E-state index contributed by atoms with van der Waals surface area (Å²) < 4.78 is 16.7. The lowest BCUT2D eigenvalue weighted by atomic mass is 9.95. The summed E-state index contributed by atoms with van der Waals surface area (Å²) in [5.74, 6) is 2.97. The van der Waals surface area contributed by atoms with Crippen LogP contribution in [0.3, 0.4) is 0 Å². The fraction of sp³-hybridized carbons (Fsp3) is 0.625. The minimum absolute atomic E-state index is 0.709. The van der Waals surface area contributed by atoms with Crippen molar-refractivity contribution in [3.63, 3.8) is 0 Å². The maximum absolute atomic E-state index is 5.94. The molecule has 0 aliphatic carbocycles. The molecule has 2 rings (SSSR count). The molecule has 0 saturated carbocycles. The molecule has 20 heavy (non-hydrogen) atoms. The van der Waals surface area contributed by atoms with Gasteiger partial charge in [-0.3, -0.25) is 0 Å². The fourth-order valence-electron chi connectivity index (χ4n) is 2.65. The van der Waals surface area contributed by atoms with E-state index in [4.69, 9.17) is 14.2 Å². The summed E-state index contributed by atoms with van der Waals surface area (Å²) in [7, 11) is 3.32. The Morgan fingerprint density at radius 3 is 2.25 bits per heavy atom. The van der Waals surface area contributed by atoms with Gasteiger partial charge in [-0.2, -0.15) is 0 Å². The largest absolute Gasteiger partial charge is 0.493 e. The standard InChI is InChI=1S/C16H25NO3/c1-12-10-14(18-2)16(15(11-12)19-3)20-9-6-13-4-7-17-8-5-13/h10-11,13,17H,4-9H2,1-3H3. The first kappa shape index (κ1) is 15.0. The normalized spacial score (nSPS) is 15.9. The number of benzene rings is 1. The summed E-state index contributed by atoms with van der Waals surface area (Å²) >= 11 is 0. The van der Waals surface area contributed by atoms with Gasteiger partial charge in [-0.1, -0.05) is 0 Å². The molecule has 4 heteroatoms. The van der Waals surface area contributed by atoms with Gasteiger partial charge in [-0.25, -0.2) is 0 Å². The smallest absolute Gasteiger partial charge is 0.203 e. The van der Waals surface area contributed by atoms with E-state index in [1.54, 1.807) is 14.2 Å². The zero-order valence-corrected chi connectivity index (χ0v) is 12.7. The van der Waals surface area contributed by atoms with Crippen LogP contribution in [0, 0.1) is 12.8 Å². The molecule has 1 saturated heterocycles. The monoisotopic (exact) mass is 279 g/mol. The minimum atomic E-state index is 0.709. The lowest BCUT2D eigenvalue weighted by Gasteiger charge is -2.23. The topological polar surface area (TPSA) is 39.7 Å². The summed E-state index contributed by atoms with van der Waals surface area (Å²) in [6.45, 7) is 4.98. The Balaban J connectivity index is 1.97. The van der Waals surface area contributed by atoms with Gasteiger partial charge in [0, 0.05) is 0 Å². The molecular weight excluding hydrogens is 254 g/mol. The second-order valence-electron chi connectivity index (χ2n) is 5.33. The maximum atomic E-state index is 5.94. The molecule has 1 aliphatic heterocycles. The van der Waals surface area contributed by atoms with Crippen molar-refractivity contribution in [2.24, 2.45) is 5.92 Å². The Kier molecular flexibility index (Phi) is 5.53. The zero-order chi connectivity index (χ0) is 14.4. The van der Waals surface area contributed by atoms with Gasteiger partial charge in [-0.05, 0) is 62.9 Å². The van der Waals surface area contributed by atoms with Gasteiger partial charge in [0.25, 0.3) is 0 Å². The highest BCUT2D eigenvalue weighted by atomic mass is 16.5. The highest BCUT2D eigenvalue weighted by Crippen LogP contribution is 2.38. The summed E-state index contributed by atoms with van der Waals surface area (Å²) in [6.07, 6.45) is 3.57. The van der Waals surface area contributed by atoms with E-state index in [-0.39, 0.29) is 0 Å². The van der Waals surface area contributed by atoms with Gasteiger partial charge in [0.2, 0.25) is 5.75 Å². The lowest BCUT2D eigenvalue weighted by molar-refractivity contribution is 0.233. The molecule has 4 nitrogen and oxygen atoms in total. The minimum Gasteiger partial charge on any atom is -0.493 e. The summed E-state index contributed by atoms with van der Waals surface area (Å²) in [4.78, 5) is 0. The van der Waals surface area contributed by atoms with Crippen molar-refractivity contribution in [2.45, 2.75) is 26.2 Å². The molecule has 112 valence electrons. The number of nitrogens with one attached hydrogen (secondary N) is 1. The maximum Gasteiger partial charge on any atom is 0.203 e. The number of rotatable bonds is 6. The van der Waals surface area contributed by atoms with Gasteiger partial charge >= 0.3 is 0 Å². The average Bonchev–Trinajstić information content (AvgIpc) is 2.49. The molecule has 0 aromatic heterocycles. The Bertz CT molecular complexity index is 403. The first-order valence-corrected chi connectivity index (χ1v) is 7.30. The molecular formula is C16H25NO3. The van der Waals surface area contributed by atoms with E-state index in [0.29, 0.717) is 6.61 Å². The molecule has 1 aromatic rings. The van der Waals surface area contributed by atoms with E-state index in [0.717, 1.165) is 48.2 Å². The molecule has 1 N–H and O–H groups in total. The van der Waals surface area contributed by atoms with E-state index >= 15 is 0 Å². The van der Waals surface area contributed by atoms with Crippen molar-refractivity contribution < 1.29 is 14.2 Å². The van der Waals surface area contributed by atoms with Gasteiger partial charge in [0.15, 0.2) is 11.5 Å². The fourth-order valence-corrected chi connectivity index (χ4v) is 2.65. The molecule has 0 radical (unpaired) electrons. The lowest BCUT2D eigenvalue weighted by Crippen LogP contribution is -2.28. The van der Waals surface area contributed by atoms with Crippen LogP contribution in [0.2, 0.25) is 0 Å². The highest BCUT2D eigenvalue weighted by molar-refractivity contribution is 5.53. The van der Waals surface area contributed by atoms with Gasteiger partial charge in [-0.15, -0.1) is 0 Å². The number of hydrogen-bond acceptors (Lipinski definition) is 4. The predicted molar refractivity (Wildman–Crippen MR) is 80.0 cm³/mol. The molecule has 0 spiro atoms. The van der Waals surface area contributed by atoms with Gasteiger partial charge < -0.3 is 19.5 Å². The van der Waals surface area contributed by atoms with Crippen molar-refractivity contribution in [3.8, 4) is 17.2 Å². The summed E-state index contributed by atoms with van der Waals surface area (Å²) in [6, 6.07) is 3.95. The van der Waals surface area contributed by atoms with Gasteiger partial charge in [0.1, 0.15) is 0 Å². The quantitative estimate of drug-likeness (QED) is 0.869. The second kappa shape index (κ2) is 7.39. The molecule has 0 unspecified atom stereocenters. The first-order chi connectivity index (χ1) is 9.74. The number of ether oxygens (including phenoxy) is 3. The predicted octanol–water partition coefficient (Wildman–Crippen LogP) is 2.78. The third kappa shape index (κ3) is 3.79. The van der Waals surface area contributed by atoms with Crippen LogP contribution in [0.1, 0.15) is 24.8 Å². The Hall–Kier alpha value is -1.42. The number of aryl methyl sites for hydroxylation is 1. The Labute approximate surface area is 121 Å². The van der Waals surface area contributed by atoms with Crippen LogP contribution in [0.25, 0.3) is 0 Å². The van der Waals surface area contributed by atoms with Crippen LogP contribution in [0.15, 0.2) is 12.1 Å². The molecule has 0 amide bonds. The molecule has 1 aromatic carbocycles. The third-order valence-corrected chi connectivity index (χ3v) is 3.84. The molecule has 1 aliphatic rings. The summed E-state index contributed by atoms with van der Waals surface area (Å²) in [5.41, 5.74) is 1.10. The van der Waals surface area contributed by atoms with E-state index in [2.05, 4.69) is 5.32 Å². The van der Waals surface area contributed by atoms with Gasteiger partial charge in [0.05, 0.1) is 20.8 Å². The van der Waals surface area contributed by atoms with Crippen LogP contribution in [-0.4, -0.2) is 33.9 Å². The van der Waals surface area contributed by atoms with Crippen LogP contribution in [0.4, 0.5) is 0 Å². The Morgan fingerprint density at radius 2 is 1.70 bits per heavy atom. The van der Waals surface area contributed by atoms with Crippen molar-refractivity contribution in [3.05, 3.63) is 17.7 Å². The number of methoxy groups -OCH3 is 2. The molecule has 1 heterocycles. The van der Waals surface area contributed by atoms with Crippen molar-refractivity contribution in [1.82, 2.24) is 5.32 Å². The highest BCUT2D eigenvalue weighted by Gasteiger charge is 2.16. The summed E-state index contributed by atoms with van der Waals surface area (Å²) in [5, 5.41) is 3.38. The number of piperidine rings is 1. The van der Waals surface area contributed by atoms with Crippen molar-refractivity contribution >= 4 is 0 Å². The Morgan fingerprint density at radius 1 is 1.10 bits per heavy atom. The SMILES string of the molecule is COc1cc(C)cc(OC)c1OCCC1CCNCC1. The molecule has 0 bridgehead atoms. The van der Waals surface area contributed by atoms with Crippen LogP contribution in [0.5, 0.6) is 17.2 Å². The third-order valence-electron chi connectivity index (χ3n) is 3.84. The molecule has 0 atom stereocenters. The van der Waals surface area contributed by atoms with E-state index in [9.17, 15) is 0 Å². The van der Waals surface area contributed by atoms with Crippen LogP contribution >= 0.6 is 0 Å².